The summed E-state index contributed by atoms with van der Waals surface area (Å²) >= 11 is 0. The van der Waals surface area contributed by atoms with Crippen LogP contribution >= 0.6 is 0 Å². The maximum Gasteiger partial charge on any atom is 0.230 e. The Bertz CT molecular complexity index is 1350. The van der Waals surface area contributed by atoms with Gasteiger partial charge in [-0.25, -0.2) is 0 Å². The fraction of sp³-hybridized carbons (Fsp3) is 0.344. The van der Waals surface area contributed by atoms with Crippen LogP contribution in [0.5, 0.6) is 0 Å². The topological polar surface area (TPSA) is 62.3 Å². The van der Waals surface area contributed by atoms with E-state index in [-0.39, 0.29) is 28.9 Å². The van der Waals surface area contributed by atoms with Gasteiger partial charge in [-0.3, -0.25) is 19.5 Å². The Morgan fingerprint density at radius 3 is 2.27 bits per heavy atom. The van der Waals surface area contributed by atoms with Gasteiger partial charge in [-0.1, -0.05) is 71.0 Å². The molecule has 0 saturated carbocycles. The van der Waals surface area contributed by atoms with Crippen LogP contribution < -0.4 is 10.2 Å². The third-order valence-electron chi connectivity index (χ3n) is 7.49. The van der Waals surface area contributed by atoms with E-state index in [1.807, 2.05) is 55.1 Å². The first-order valence-corrected chi connectivity index (χ1v) is 13.1. The lowest BCUT2D eigenvalue weighted by atomic mass is 9.77. The number of ketones is 1. The molecule has 5 nitrogen and oxygen atoms in total. The van der Waals surface area contributed by atoms with E-state index in [1.165, 1.54) is 11.1 Å². The minimum Gasteiger partial charge on any atom is -0.357 e. The maximum atomic E-state index is 14.0. The van der Waals surface area contributed by atoms with Crippen LogP contribution in [0.25, 0.3) is 0 Å². The van der Waals surface area contributed by atoms with Gasteiger partial charge in [0.15, 0.2) is 5.78 Å². The lowest BCUT2D eigenvalue weighted by Crippen LogP contribution is -2.40. The van der Waals surface area contributed by atoms with Crippen LogP contribution in [0.1, 0.15) is 76.1 Å². The molecule has 3 aromatic rings. The summed E-state index contributed by atoms with van der Waals surface area (Å²) in [6.07, 6.45) is 4.57. The summed E-state index contributed by atoms with van der Waals surface area (Å²) in [5, 5.41) is 3.60. The number of anilines is 2. The molecule has 0 unspecified atom stereocenters. The Labute approximate surface area is 219 Å². The molecule has 5 heteroatoms. The Balaban J connectivity index is 1.64. The van der Waals surface area contributed by atoms with Crippen molar-refractivity contribution in [3.05, 3.63) is 101 Å². The zero-order valence-electron chi connectivity index (χ0n) is 22.3. The van der Waals surface area contributed by atoms with E-state index in [9.17, 15) is 9.59 Å². The molecule has 1 aromatic heterocycles. The Morgan fingerprint density at radius 2 is 1.62 bits per heavy atom. The highest BCUT2D eigenvalue weighted by molar-refractivity contribution is 6.06. The van der Waals surface area contributed by atoms with Crippen molar-refractivity contribution in [3.63, 3.8) is 0 Å². The van der Waals surface area contributed by atoms with Crippen molar-refractivity contribution in [2.24, 2.45) is 5.92 Å². The molecule has 0 spiro atoms. The molecule has 0 radical (unpaired) electrons. The molecule has 2 aliphatic rings. The standard InChI is InChI=1S/C32H35N3O2/c1-20(2)31(37)35-27-9-7-6-8-25(27)34-26-18-23(21-10-12-24(13-11-21)32(3,4)5)19-28(36)29(26)30(35)22-14-16-33-17-15-22/h6-17,20,23,30,34H,18-19H2,1-5H3/t23-,30-/m0/s1. The third-order valence-corrected chi connectivity index (χ3v) is 7.49. The van der Waals surface area contributed by atoms with Gasteiger partial charge in [0.1, 0.15) is 0 Å². The normalized spacial score (nSPS) is 19.7. The van der Waals surface area contributed by atoms with E-state index in [4.69, 9.17) is 0 Å². The van der Waals surface area contributed by atoms with Gasteiger partial charge < -0.3 is 5.32 Å². The molecule has 190 valence electrons. The predicted octanol–water partition coefficient (Wildman–Crippen LogP) is 6.94. The number of nitrogens with zero attached hydrogens (tertiary/aromatic N) is 2. The van der Waals surface area contributed by atoms with E-state index in [1.54, 1.807) is 12.4 Å². The highest BCUT2D eigenvalue weighted by Gasteiger charge is 2.42. The van der Waals surface area contributed by atoms with E-state index < -0.39 is 6.04 Å². The second-order valence-electron chi connectivity index (χ2n) is 11.5. The summed E-state index contributed by atoms with van der Waals surface area (Å²) in [6.45, 7) is 10.4. The van der Waals surface area contributed by atoms with Crippen molar-refractivity contribution in [1.82, 2.24) is 4.98 Å². The SMILES string of the molecule is CC(C)C(=O)N1c2ccccc2NC2=C(C(=O)C[C@@H](c3ccc(C(C)(C)C)cc3)C2)[C@@H]1c1ccncc1. The molecule has 0 saturated heterocycles. The van der Waals surface area contributed by atoms with Gasteiger partial charge >= 0.3 is 0 Å². The smallest absolute Gasteiger partial charge is 0.230 e. The van der Waals surface area contributed by atoms with Gasteiger partial charge in [0, 0.05) is 36.0 Å². The monoisotopic (exact) mass is 493 g/mol. The molecule has 37 heavy (non-hydrogen) atoms. The van der Waals surface area contributed by atoms with Crippen molar-refractivity contribution in [1.29, 1.82) is 0 Å². The number of pyridine rings is 1. The second-order valence-corrected chi connectivity index (χ2v) is 11.5. The van der Waals surface area contributed by atoms with Crippen molar-refractivity contribution in [2.45, 2.75) is 64.8 Å². The van der Waals surface area contributed by atoms with E-state index in [0.29, 0.717) is 18.4 Å². The highest BCUT2D eigenvalue weighted by atomic mass is 16.2. The zero-order valence-corrected chi connectivity index (χ0v) is 22.3. The number of aromatic nitrogens is 1. The Hall–Kier alpha value is -3.73. The highest BCUT2D eigenvalue weighted by Crippen LogP contribution is 2.47. The number of rotatable bonds is 3. The first-order valence-electron chi connectivity index (χ1n) is 13.1. The van der Waals surface area contributed by atoms with Crippen molar-refractivity contribution in [2.75, 3.05) is 10.2 Å². The quantitative estimate of drug-likeness (QED) is 0.429. The van der Waals surface area contributed by atoms with Crippen molar-refractivity contribution in [3.8, 4) is 0 Å². The first kappa shape index (κ1) is 24.9. The molecule has 2 aromatic carbocycles. The van der Waals surface area contributed by atoms with Crippen LogP contribution in [0.4, 0.5) is 11.4 Å². The molecule has 1 amide bonds. The van der Waals surface area contributed by atoms with Crippen LogP contribution in [-0.4, -0.2) is 16.7 Å². The molecule has 2 heterocycles. The maximum absolute atomic E-state index is 14.0. The Kier molecular flexibility index (Phi) is 6.49. The number of Topliss-reactive ketones (excluding diaryl/α,β-unsaturated/α-hetero) is 1. The van der Waals surface area contributed by atoms with Crippen LogP contribution in [0.2, 0.25) is 0 Å². The molecule has 5 rings (SSSR count). The average molecular weight is 494 g/mol. The van der Waals surface area contributed by atoms with Crippen LogP contribution in [-0.2, 0) is 15.0 Å². The summed E-state index contributed by atoms with van der Waals surface area (Å²) in [7, 11) is 0. The lowest BCUT2D eigenvalue weighted by molar-refractivity contribution is -0.121. The number of fused-ring (bicyclic) bond motifs is 1. The summed E-state index contributed by atoms with van der Waals surface area (Å²) in [4.78, 5) is 33.8. The molecule has 1 N–H and O–H groups in total. The van der Waals surface area contributed by atoms with Crippen LogP contribution in [0, 0.1) is 5.92 Å². The minimum atomic E-state index is -0.513. The van der Waals surface area contributed by atoms with Crippen LogP contribution in [0.3, 0.4) is 0 Å². The fourth-order valence-electron chi connectivity index (χ4n) is 5.46. The number of benzene rings is 2. The number of para-hydroxylation sites is 2. The van der Waals surface area contributed by atoms with Gasteiger partial charge in [0.2, 0.25) is 5.91 Å². The molecule has 1 aliphatic carbocycles. The van der Waals surface area contributed by atoms with Gasteiger partial charge in [0.25, 0.3) is 0 Å². The van der Waals surface area contributed by atoms with Crippen LogP contribution in [0.15, 0.2) is 84.3 Å². The predicted molar refractivity (Wildman–Crippen MR) is 149 cm³/mol. The largest absolute Gasteiger partial charge is 0.357 e. The summed E-state index contributed by atoms with van der Waals surface area (Å²) in [5.74, 6) is -0.0926. The number of hydrogen-bond acceptors (Lipinski definition) is 4. The number of nitrogens with one attached hydrogen (secondary N) is 1. The van der Waals surface area contributed by atoms with Gasteiger partial charge in [0.05, 0.1) is 17.4 Å². The lowest BCUT2D eigenvalue weighted by Gasteiger charge is -2.36. The van der Waals surface area contributed by atoms with Crippen molar-refractivity contribution >= 4 is 23.1 Å². The van der Waals surface area contributed by atoms with E-state index >= 15 is 0 Å². The summed E-state index contributed by atoms with van der Waals surface area (Å²) in [6, 6.07) is 19.9. The fourth-order valence-corrected chi connectivity index (χ4v) is 5.46. The van der Waals surface area contributed by atoms with E-state index in [2.05, 4.69) is 55.3 Å². The second kappa shape index (κ2) is 9.62. The average Bonchev–Trinajstić information content (AvgIpc) is 3.03. The minimum absolute atomic E-state index is 0.0162. The van der Waals surface area contributed by atoms with Gasteiger partial charge in [-0.2, -0.15) is 0 Å². The summed E-state index contributed by atoms with van der Waals surface area (Å²) < 4.78 is 0. The number of amides is 1. The number of carbonyl (C=O) groups excluding carboxylic acids is 2. The van der Waals surface area contributed by atoms with Gasteiger partial charge in [-0.05, 0) is 58.7 Å². The van der Waals surface area contributed by atoms with Crippen molar-refractivity contribution < 1.29 is 9.59 Å². The summed E-state index contributed by atoms with van der Waals surface area (Å²) in [5.41, 5.74) is 6.62. The van der Waals surface area contributed by atoms with Gasteiger partial charge in [-0.15, -0.1) is 0 Å². The molecular weight excluding hydrogens is 458 g/mol. The molecular formula is C32H35N3O2. The third kappa shape index (κ3) is 4.71. The number of carbonyl (C=O) groups is 2. The molecule has 1 aliphatic heterocycles. The van der Waals surface area contributed by atoms with E-state index in [0.717, 1.165) is 22.6 Å². The molecule has 2 atom stereocenters. The Morgan fingerprint density at radius 1 is 0.946 bits per heavy atom. The number of hydrogen-bond donors (Lipinski definition) is 1. The number of allylic oxidation sites excluding steroid dienone is 1. The first-order chi connectivity index (χ1) is 17.6. The molecule has 0 fully saturated rings. The zero-order chi connectivity index (χ0) is 26.3. The molecule has 0 bridgehead atoms.